The molecule has 6 nitrogen and oxygen atoms in total. The molecule has 0 aliphatic heterocycles. The Morgan fingerprint density at radius 3 is 2.60 bits per heavy atom. The van der Waals surface area contributed by atoms with Gasteiger partial charge in [0.05, 0.1) is 14.2 Å². The number of nitrogens with zero attached hydrogens (tertiary/aromatic N) is 2. The molecule has 1 aromatic heterocycles. The van der Waals surface area contributed by atoms with Crippen LogP contribution in [0.3, 0.4) is 0 Å². The van der Waals surface area contributed by atoms with Gasteiger partial charge in [0.15, 0.2) is 5.96 Å². The number of benzene rings is 1. The van der Waals surface area contributed by atoms with E-state index in [0.29, 0.717) is 6.54 Å². The highest BCUT2D eigenvalue weighted by Crippen LogP contribution is 2.24. The predicted molar refractivity (Wildman–Crippen MR) is 102 cm³/mol. The van der Waals surface area contributed by atoms with Gasteiger partial charge < -0.3 is 24.7 Å². The Balaban J connectivity index is 1.89. The standard InChI is InChI=1S/C19H28N4O2/c1-4-20-19(22-11-14-23-12-5-6-13-23)21-10-9-16-15-17(24-2)7-8-18(16)25-3/h5-8,12-13,15H,4,9-11,14H2,1-3H3,(H2,20,21,22). The summed E-state index contributed by atoms with van der Waals surface area (Å²) in [6.45, 7) is 5.29. The summed E-state index contributed by atoms with van der Waals surface area (Å²) in [7, 11) is 3.35. The van der Waals surface area contributed by atoms with E-state index in [0.717, 1.165) is 49.1 Å². The molecule has 0 amide bonds. The van der Waals surface area contributed by atoms with Gasteiger partial charge in [-0.25, -0.2) is 0 Å². The third-order valence-electron chi connectivity index (χ3n) is 3.81. The van der Waals surface area contributed by atoms with Crippen molar-refractivity contribution in [3.05, 3.63) is 48.3 Å². The molecule has 0 unspecified atom stereocenters. The first-order valence-corrected chi connectivity index (χ1v) is 8.60. The van der Waals surface area contributed by atoms with Gasteiger partial charge in [-0.3, -0.25) is 4.99 Å². The summed E-state index contributed by atoms with van der Waals surface area (Å²) in [5.74, 6) is 2.52. The lowest BCUT2D eigenvalue weighted by atomic mass is 10.1. The van der Waals surface area contributed by atoms with E-state index in [4.69, 9.17) is 9.47 Å². The minimum Gasteiger partial charge on any atom is -0.497 e. The molecule has 2 N–H and O–H groups in total. The molecule has 0 fully saturated rings. The van der Waals surface area contributed by atoms with Crippen LogP contribution in [0.1, 0.15) is 12.5 Å². The van der Waals surface area contributed by atoms with Gasteiger partial charge in [-0.05, 0) is 49.2 Å². The summed E-state index contributed by atoms with van der Waals surface area (Å²) >= 11 is 0. The quantitative estimate of drug-likeness (QED) is 0.541. The summed E-state index contributed by atoms with van der Waals surface area (Å²) in [6.07, 6.45) is 4.90. The van der Waals surface area contributed by atoms with Crippen molar-refractivity contribution < 1.29 is 9.47 Å². The van der Waals surface area contributed by atoms with Gasteiger partial charge in [-0.1, -0.05) is 0 Å². The van der Waals surface area contributed by atoms with Crippen LogP contribution in [-0.4, -0.2) is 44.4 Å². The third-order valence-corrected chi connectivity index (χ3v) is 3.81. The van der Waals surface area contributed by atoms with Crippen molar-refractivity contribution in [2.75, 3.05) is 33.9 Å². The van der Waals surface area contributed by atoms with Crippen molar-refractivity contribution in [1.82, 2.24) is 15.2 Å². The van der Waals surface area contributed by atoms with E-state index in [2.05, 4.69) is 39.5 Å². The van der Waals surface area contributed by atoms with Crippen LogP contribution in [-0.2, 0) is 13.0 Å². The highest BCUT2D eigenvalue weighted by atomic mass is 16.5. The van der Waals surface area contributed by atoms with Crippen LogP contribution in [0.4, 0.5) is 0 Å². The number of aromatic nitrogens is 1. The second kappa shape index (κ2) is 10.3. The average Bonchev–Trinajstić information content (AvgIpc) is 3.15. The fraction of sp³-hybridized carbons (Fsp3) is 0.421. The molecule has 0 radical (unpaired) electrons. The van der Waals surface area contributed by atoms with E-state index in [-0.39, 0.29) is 0 Å². The number of hydrogen-bond donors (Lipinski definition) is 2. The van der Waals surface area contributed by atoms with E-state index in [9.17, 15) is 0 Å². The fourth-order valence-electron chi connectivity index (χ4n) is 2.53. The minimum absolute atomic E-state index is 0.669. The summed E-state index contributed by atoms with van der Waals surface area (Å²) in [6, 6.07) is 9.89. The molecule has 6 heteroatoms. The van der Waals surface area contributed by atoms with Crippen LogP contribution < -0.4 is 20.1 Å². The second-order valence-electron chi connectivity index (χ2n) is 5.54. The first-order valence-electron chi connectivity index (χ1n) is 8.60. The average molecular weight is 344 g/mol. The Kier molecular flexibility index (Phi) is 7.69. The lowest BCUT2D eigenvalue weighted by Crippen LogP contribution is -2.39. The van der Waals surface area contributed by atoms with Gasteiger partial charge in [0.2, 0.25) is 0 Å². The molecule has 0 bridgehead atoms. The monoisotopic (exact) mass is 344 g/mol. The maximum atomic E-state index is 5.42. The van der Waals surface area contributed by atoms with Crippen molar-refractivity contribution in [1.29, 1.82) is 0 Å². The Bertz CT molecular complexity index is 653. The number of guanidine groups is 1. The highest BCUT2D eigenvalue weighted by molar-refractivity contribution is 5.79. The van der Waals surface area contributed by atoms with Crippen LogP contribution in [0.5, 0.6) is 11.5 Å². The van der Waals surface area contributed by atoms with Crippen molar-refractivity contribution in [3.63, 3.8) is 0 Å². The van der Waals surface area contributed by atoms with Crippen molar-refractivity contribution in [2.24, 2.45) is 4.99 Å². The van der Waals surface area contributed by atoms with Crippen molar-refractivity contribution in [3.8, 4) is 11.5 Å². The number of aliphatic imine (C=N–C) groups is 1. The molecule has 0 aliphatic carbocycles. The molecule has 25 heavy (non-hydrogen) atoms. The van der Waals surface area contributed by atoms with Gasteiger partial charge in [-0.15, -0.1) is 0 Å². The molecule has 0 saturated carbocycles. The zero-order valence-corrected chi connectivity index (χ0v) is 15.3. The normalized spacial score (nSPS) is 11.2. The molecule has 2 aromatic rings. The maximum Gasteiger partial charge on any atom is 0.191 e. The van der Waals surface area contributed by atoms with Crippen molar-refractivity contribution in [2.45, 2.75) is 19.9 Å². The number of ether oxygens (including phenoxy) is 2. The first-order chi connectivity index (χ1) is 12.3. The van der Waals surface area contributed by atoms with Crippen LogP contribution in [0, 0.1) is 0 Å². The minimum atomic E-state index is 0.669. The Hall–Kier alpha value is -2.63. The number of methoxy groups -OCH3 is 2. The number of rotatable bonds is 9. The molecule has 0 aliphatic rings. The fourth-order valence-corrected chi connectivity index (χ4v) is 2.53. The van der Waals surface area contributed by atoms with Gasteiger partial charge in [0.1, 0.15) is 11.5 Å². The topological polar surface area (TPSA) is 59.8 Å². The first kappa shape index (κ1) is 18.7. The van der Waals surface area contributed by atoms with E-state index in [1.54, 1.807) is 14.2 Å². The molecule has 0 spiro atoms. The molecule has 1 heterocycles. The van der Waals surface area contributed by atoms with Crippen molar-refractivity contribution >= 4 is 5.96 Å². The third kappa shape index (κ3) is 6.06. The zero-order valence-electron chi connectivity index (χ0n) is 15.3. The lowest BCUT2D eigenvalue weighted by molar-refractivity contribution is 0.399. The smallest absolute Gasteiger partial charge is 0.191 e. The molecular formula is C19H28N4O2. The predicted octanol–water partition coefficient (Wildman–Crippen LogP) is 2.30. The molecule has 1 aromatic carbocycles. The van der Waals surface area contributed by atoms with Crippen LogP contribution >= 0.6 is 0 Å². The van der Waals surface area contributed by atoms with E-state index < -0.39 is 0 Å². The summed E-state index contributed by atoms with van der Waals surface area (Å²) in [4.78, 5) is 4.65. The van der Waals surface area contributed by atoms with Crippen LogP contribution in [0.2, 0.25) is 0 Å². The van der Waals surface area contributed by atoms with E-state index in [1.807, 2.05) is 30.3 Å². The Morgan fingerprint density at radius 2 is 1.92 bits per heavy atom. The summed E-state index contributed by atoms with van der Waals surface area (Å²) in [5.41, 5.74) is 1.09. The van der Waals surface area contributed by atoms with Crippen LogP contribution in [0.25, 0.3) is 0 Å². The van der Waals surface area contributed by atoms with Gasteiger partial charge in [-0.2, -0.15) is 0 Å². The van der Waals surface area contributed by atoms with Gasteiger partial charge >= 0.3 is 0 Å². The highest BCUT2D eigenvalue weighted by Gasteiger charge is 2.05. The molecule has 136 valence electrons. The van der Waals surface area contributed by atoms with E-state index >= 15 is 0 Å². The van der Waals surface area contributed by atoms with Gasteiger partial charge in [0, 0.05) is 38.6 Å². The maximum absolute atomic E-state index is 5.42. The van der Waals surface area contributed by atoms with Crippen LogP contribution in [0.15, 0.2) is 47.7 Å². The second-order valence-corrected chi connectivity index (χ2v) is 5.54. The summed E-state index contributed by atoms with van der Waals surface area (Å²) in [5, 5.41) is 6.63. The number of nitrogens with one attached hydrogen (secondary N) is 2. The van der Waals surface area contributed by atoms with E-state index in [1.165, 1.54) is 0 Å². The molecule has 0 saturated heterocycles. The lowest BCUT2D eigenvalue weighted by Gasteiger charge is -2.12. The summed E-state index contributed by atoms with van der Waals surface area (Å²) < 4.78 is 12.8. The SMILES string of the molecule is CCNC(=NCCc1cc(OC)ccc1OC)NCCn1cccc1. The Labute approximate surface area is 149 Å². The number of hydrogen-bond acceptors (Lipinski definition) is 3. The molecule has 0 atom stereocenters. The molecular weight excluding hydrogens is 316 g/mol. The van der Waals surface area contributed by atoms with Gasteiger partial charge in [0.25, 0.3) is 0 Å². The largest absolute Gasteiger partial charge is 0.497 e. The molecule has 2 rings (SSSR count). The Morgan fingerprint density at radius 1 is 1.12 bits per heavy atom. The zero-order chi connectivity index (χ0) is 17.9.